The van der Waals surface area contributed by atoms with Gasteiger partial charge < -0.3 is 4.74 Å². The Bertz CT molecular complexity index is 367. The fourth-order valence-electron chi connectivity index (χ4n) is 1.35. The molecular formula is C13H15NO2. The zero-order valence-corrected chi connectivity index (χ0v) is 9.35. The highest BCUT2D eigenvalue weighted by Gasteiger charge is 2.10. The summed E-state index contributed by atoms with van der Waals surface area (Å²) in [5.41, 5.74) is 0.564. The lowest BCUT2D eigenvalue weighted by atomic mass is 10.2. The molecule has 0 N–H and O–H groups in total. The van der Waals surface area contributed by atoms with Crippen molar-refractivity contribution >= 4 is 5.97 Å². The highest BCUT2D eigenvalue weighted by atomic mass is 16.5. The second-order valence-electron chi connectivity index (χ2n) is 3.63. The number of carbonyl (C=O) groups excluding carboxylic acids is 1. The van der Waals surface area contributed by atoms with Crippen LogP contribution in [0.25, 0.3) is 0 Å². The number of hydrogen-bond donors (Lipinski definition) is 0. The minimum absolute atomic E-state index is 0.138. The van der Waals surface area contributed by atoms with Gasteiger partial charge in [0.2, 0.25) is 0 Å². The molecule has 16 heavy (non-hydrogen) atoms. The molecule has 1 aromatic rings. The molecule has 1 rings (SSSR count). The van der Waals surface area contributed by atoms with Gasteiger partial charge in [-0.3, -0.25) is 0 Å². The Kier molecular flexibility index (Phi) is 5.07. The summed E-state index contributed by atoms with van der Waals surface area (Å²) in [6.07, 6.45) is 1.86. The molecule has 84 valence electrons. The van der Waals surface area contributed by atoms with Crippen LogP contribution in [0.2, 0.25) is 0 Å². The van der Waals surface area contributed by atoms with Crippen LogP contribution in [0.1, 0.15) is 36.5 Å². The van der Waals surface area contributed by atoms with Crippen molar-refractivity contribution in [2.24, 2.45) is 0 Å². The molecule has 0 heterocycles. The third-order valence-corrected chi connectivity index (χ3v) is 2.22. The number of benzene rings is 1. The van der Waals surface area contributed by atoms with Crippen molar-refractivity contribution in [2.75, 3.05) is 0 Å². The average Bonchev–Trinajstić information content (AvgIpc) is 2.30. The van der Waals surface area contributed by atoms with Crippen molar-refractivity contribution in [1.82, 2.24) is 0 Å². The molecule has 1 aromatic carbocycles. The fraction of sp³-hybridized carbons (Fsp3) is 0.385. The number of carbonyl (C=O) groups is 1. The molecule has 0 aromatic heterocycles. The van der Waals surface area contributed by atoms with Crippen LogP contribution in [-0.4, -0.2) is 12.1 Å². The largest absolute Gasteiger partial charge is 0.459 e. The highest BCUT2D eigenvalue weighted by molar-refractivity contribution is 5.89. The second-order valence-corrected chi connectivity index (χ2v) is 3.63. The van der Waals surface area contributed by atoms with Gasteiger partial charge in [0.15, 0.2) is 0 Å². The molecule has 0 spiro atoms. The first-order valence-corrected chi connectivity index (χ1v) is 5.37. The van der Waals surface area contributed by atoms with Crippen LogP contribution in [0, 0.1) is 11.3 Å². The molecule has 0 amide bonds. The molecule has 3 nitrogen and oxygen atoms in total. The van der Waals surface area contributed by atoms with E-state index >= 15 is 0 Å². The van der Waals surface area contributed by atoms with Gasteiger partial charge in [-0.1, -0.05) is 18.2 Å². The zero-order valence-electron chi connectivity index (χ0n) is 9.35. The van der Waals surface area contributed by atoms with E-state index in [1.54, 1.807) is 24.3 Å². The van der Waals surface area contributed by atoms with E-state index in [1.165, 1.54) is 0 Å². The summed E-state index contributed by atoms with van der Waals surface area (Å²) in [6.45, 7) is 1.85. The summed E-state index contributed by atoms with van der Waals surface area (Å²) in [5, 5.41) is 8.38. The minimum atomic E-state index is -0.301. The lowest BCUT2D eigenvalue weighted by molar-refractivity contribution is 0.0321. The van der Waals surface area contributed by atoms with E-state index in [0.29, 0.717) is 12.0 Å². The summed E-state index contributed by atoms with van der Waals surface area (Å²) in [5.74, 6) is -0.301. The number of unbranched alkanes of at least 4 members (excludes halogenated alkanes) is 1. The summed E-state index contributed by atoms with van der Waals surface area (Å²) >= 11 is 0. The van der Waals surface area contributed by atoms with Crippen molar-refractivity contribution in [3.05, 3.63) is 35.9 Å². The van der Waals surface area contributed by atoms with E-state index in [2.05, 4.69) is 6.07 Å². The monoisotopic (exact) mass is 217 g/mol. The fourth-order valence-corrected chi connectivity index (χ4v) is 1.35. The molecule has 0 fully saturated rings. The number of rotatable bonds is 5. The van der Waals surface area contributed by atoms with E-state index in [-0.39, 0.29) is 12.1 Å². The van der Waals surface area contributed by atoms with E-state index in [1.807, 2.05) is 13.0 Å². The van der Waals surface area contributed by atoms with Gasteiger partial charge in [-0.15, -0.1) is 0 Å². The standard InChI is InChI=1S/C13H15NO2/c1-11(7-5-6-10-14)16-13(15)12-8-3-2-4-9-12/h2-4,8-9,11H,5-7H2,1H3. The molecule has 0 bridgehead atoms. The van der Waals surface area contributed by atoms with Crippen LogP contribution >= 0.6 is 0 Å². The van der Waals surface area contributed by atoms with Crippen LogP contribution in [0.4, 0.5) is 0 Å². The zero-order chi connectivity index (χ0) is 11.8. The third-order valence-electron chi connectivity index (χ3n) is 2.22. The van der Waals surface area contributed by atoms with E-state index in [0.717, 1.165) is 12.8 Å². The van der Waals surface area contributed by atoms with E-state index in [4.69, 9.17) is 10.00 Å². The maximum atomic E-state index is 11.6. The lowest BCUT2D eigenvalue weighted by Gasteiger charge is -2.12. The average molecular weight is 217 g/mol. The number of hydrogen-bond acceptors (Lipinski definition) is 3. The van der Waals surface area contributed by atoms with Gasteiger partial charge in [-0.05, 0) is 31.9 Å². The predicted octanol–water partition coefficient (Wildman–Crippen LogP) is 2.93. The van der Waals surface area contributed by atoms with Crippen molar-refractivity contribution in [3.8, 4) is 6.07 Å². The first kappa shape index (κ1) is 12.3. The molecule has 0 saturated heterocycles. The summed E-state index contributed by atoms with van der Waals surface area (Å²) in [6, 6.07) is 11.0. The van der Waals surface area contributed by atoms with Crippen LogP contribution in [-0.2, 0) is 4.74 Å². The Morgan fingerprint density at radius 3 is 2.75 bits per heavy atom. The Labute approximate surface area is 95.7 Å². The molecule has 0 aliphatic carbocycles. The first-order valence-electron chi connectivity index (χ1n) is 5.37. The molecule has 0 radical (unpaired) electrons. The second kappa shape index (κ2) is 6.62. The van der Waals surface area contributed by atoms with Crippen LogP contribution in [0.15, 0.2) is 30.3 Å². The summed E-state index contributed by atoms with van der Waals surface area (Å²) in [7, 11) is 0. The van der Waals surface area contributed by atoms with Gasteiger partial charge in [0, 0.05) is 6.42 Å². The van der Waals surface area contributed by atoms with E-state index < -0.39 is 0 Å². The van der Waals surface area contributed by atoms with Crippen LogP contribution < -0.4 is 0 Å². The third kappa shape index (κ3) is 4.14. The van der Waals surface area contributed by atoms with Gasteiger partial charge in [0.05, 0.1) is 17.7 Å². The van der Waals surface area contributed by atoms with Gasteiger partial charge in [-0.25, -0.2) is 4.79 Å². The maximum absolute atomic E-state index is 11.6. The Morgan fingerprint density at radius 2 is 2.12 bits per heavy atom. The van der Waals surface area contributed by atoms with Gasteiger partial charge in [0.1, 0.15) is 0 Å². The topological polar surface area (TPSA) is 50.1 Å². The first-order chi connectivity index (χ1) is 7.74. The van der Waals surface area contributed by atoms with Crippen LogP contribution in [0.5, 0.6) is 0 Å². The molecule has 0 aliphatic rings. The van der Waals surface area contributed by atoms with Crippen molar-refractivity contribution in [3.63, 3.8) is 0 Å². The predicted molar refractivity (Wildman–Crippen MR) is 60.8 cm³/mol. The molecule has 3 heteroatoms. The van der Waals surface area contributed by atoms with E-state index in [9.17, 15) is 4.79 Å². The molecule has 1 unspecified atom stereocenters. The minimum Gasteiger partial charge on any atom is -0.459 e. The number of nitrogens with zero attached hydrogens (tertiary/aromatic N) is 1. The summed E-state index contributed by atoms with van der Waals surface area (Å²) < 4.78 is 5.23. The van der Waals surface area contributed by atoms with Crippen molar-refractivity contribution in [2.45, 2.75) is 32.3 Å². The van der Waals surface area contributed by atoms with Gasteiger partial charge in [0.25, 0.3) is 0 Å². The van der Waals surface area contributed by atoms with Crippen molar-refractivity contribution < 1.29 is 9.53 Å². The smallest absolute Gasteiger partial charge is 0.338 e. The molecule has 1 atom stereocenters. The summed E-state index contributed by atoms with van der Waals surface area (Å²) in [4.78, 5) is 11.6. The highest BCUT2D eigenvalue weighted by Crippen LogP contribution is 2.08. The molecular weight excluding hydrogens is 202 g/mol. The normalized spacial score (nSPS) is 11.5. The Balaban J connectivity index is 2.37. The number of ether oxygens (including phenoxy) is 1. The molecule has 0 saturated carbocycles. The maximum Gasteiger partial charge on any atom is 0.338 e. The molecule has 0 aliphatic heterocycles. The number of esters is 1. The SMILES string of the molecule is CC(CCCC#N)OC(=O)c1ccccc1. The Hall–Kier alpha value is -1.82. The Morgan fingerprint density at radius 1 is 1.44 bits per heavy atom. The van der Waals surface area contributed by atoms with Crippen LogP contribution in [0.3, 0.4) is 0 Å². The van der Waals surface area contributed by atoms with Gasteiger partial charge in [-0.2, -0.15) is 5.26 Å². The number of nitriles is 1. The van der Waals surface area contributed by atoms with Crippen molar-refractivity contribution in [1.29, 1.82) is 5.26 Å². The quantitative estimate of drug-likeness (QED) is 0.562. The van der Waals surface area contributed by atoms with Gasteiger partial charge >= 0.3 is 5.97 Å². The lowest BCUT2D eigenvalue weighted by Crippen LogP contribution is -2.14.